The summed E-state index contributed by atoms with van der Waals surface area (Å²) in [7, 11) is 0. The number of rotatable bonds is 3. The van der Waals surface area contributed by atoms with E-state index in [4.69, 9.17) is 28.7 Å². The molecule has 0 bridgehead atoms. The second kappa shape index (κ2) is 7.46. The van der Waals surface area contributed by atoms with Gasteiger partial charge in [0.2, 0.25) is 11.8 Å². The van der Waals surface area contributed by atoms with Gasteiger partial charge in [0.25, 0.3) is 5.91 Å². The van der Waals surface area contributed by atoms with Gasteiger partial charge in [0.05, 0.1) is 16.9 Å². The van der Waals surface area contributed by atoms with Crippen molar-refractivity contribution in [2.24, 2.45) is 17.2 Å². The van der Waals surface area contributed by atoms with Gasteiger partial charge in [-0.1, -0.05) is 6.07 Å². The quantitative estimate of drug-likeness (QED) is 0.492. The number of nitrogens with two attached hydrogens (primary N) is 5. The van der Waals surface area contributed by atoms with Crippen LogP contribution in [-0.2, 0) is 0 Å². The lowest BCUT2D eigenvalue weighted by Gasteiger charge is -2.02. The molecule has 0 atom stereocenters. The molecule has 0 saturated heterocycles. The Bertz CT molecular complexity index is 708. The standard InChI is InChI=1S/C8H8N2O2.C7H9N3O/c9-7(11)5-1-2-6(4-3-5)8(10)12;8-5-3-1-2-4(6(5)9)7(10)11/h1-4H,(H2,9,11)(H2,10,12);1-3H,8-9H2,(H2,10,11). The molecule has 0 radical (unpaired) electrons. The maximum atomic E-state index is 10.7. The van der Waals surface area contributed by atoms with E-state index in [1.807, 2.05) is 0 Å². The molecule has 0 aliphatic rings. The van der Waals surface area contributed by atoms with E-state index in [9.17, 15) is 14.4 Å². The summed E-state index contributed by atoms with van der Waals surface area (Å²) < 4.78 is 0. The van der Waals surface area contributed by atoms with Gasteiger partial charge in [-0.25, -0.2) is 0 Å². The Kier molecular flexibility index (Phi) is 5.67. The lowest BCUT2D eigenvalue weighted by molar-refractivity contribution is 0.0988. The third-order valence-corrected chi connectivity index (χ3v) is 2.86. The first-order valence-corrected chi connectivity index (χ1v) is 6.37. The van der Waals surface area contributed by atoms with E-state index >= 15 is 0 Å². The van der Waals surface area contributed by atoms with Crippen molar-refractivity contribution >= 4 is 29.1 Å². The molecular formula is C15H17N5O3. The van der Waals surface area contributed by atoms with Gasteiger partial charge in [0.1, 0.15) is 0 Å². The van der Waals surface area contributed by atoms with Crippen LogP contribution in [0, 0.1) is 0 Å². The van der Waals surface area contributed by atoms with Gasteiger partial charge in [-0.05, 0) is 36.4 Å². The van der Waals surface area contributed by atoms with E-state index in [2.05, 4.69) is 0 Å². The van der Waals surface area contributed by atoms with Crippen molar-refractivity contribution in [3.63, 3.8) is 0 Å². The molecule has 0 fully saturated rings. The van der Waals surface area contributed by atoms with Crippen LogP contribution in [0.3, 0.4) is 0 Å². The predicted octanol–water partition coefficient (Wildman–Crippen LogP) is -0.166. The van der Waals surface area contributed by atoms with Gasteiger partial charge in [0.15, 0.2) is 0 Å². The van der Waals surface area contributed by atoms with Gasteiger partial charge in [-0.2, -0.15) is 0 Å². The molecule has 0 heterocycles. The number of hydrogen-bond acceptors (Lipinski definition) is 5. The molecule has 3 amide bonds. The van der Waals surface area contributed by atoms with Crippen molar-refractivity contribution in [2.45, 2.75) is 0 Å². The summed E-state index contributed by atoms with van der Waals surface area (Å²) in [4.78, 5) is 31.8. The Morgan fingerprint density at radius 1 is 0.652 bits per heavy atom. The fourth-order valence-electron chi connectivity index (χ4n) is 1.60. The van der Waals surface area contributed by atoms with Crippen LogP contribution in [0.5, 0.6) is 0 Å². The molecule has 2 aromatic rings. The summed E-state index contributed by atoms with van der Waals surface area (Å²) >= 11 is 0. The van der Waals surface area contributed by atoms with Crippen LogP contribution < -0.4 is 28.7 Å². The molecule has 2 rings (SSSR count). The lowest BCUT2D eigenvalue weighted by atomic mass is 10.1. The van der Waals surface area contributed by atoms with Gasteiger partial charge in [-0.3, -0.25) is 14.4 Å². The van der Waals surface area contributed by atoms with E-state index in [1.165, 1.54) is 30.3 Å². The van der Waals surface area contributed by atoms with Crippen LogP contribution in [0.15, 0.2) is 42.5 Å². The van der Waals surface area contributed by atoms with Gasteiger partial charge in [0, 0.05) is 11.1 Å². The van der Waals surface area contributed by atoms with Gasteiger partial charge >= 0.3 is 0 Å². The highest BCUT2D eigenvalue weighted by molar-refractivity contribution is 6.00. The number of carbonyl (C=O) groups excluding carboxylic acids is 3. The molecular weight excluding hydrogens is 298 g/mol. The number of benzene rings is 2. The second-order valence-electron chi connectivity index (χ2n) is 4.48. The molecule has 8 heteroatoms. The van der Waals surface area contributed by atoms with E-state index < -0.39 is 17.7 Å². The zero-order chi connectivity index (χ0) is 17.6. The monoisotopic (exact) mass is 315 g/mol. The topological polar surface area (TPSA) is 181 Å². The predicted molar refractivity (Wildman–Crippen MR) is 87.3 cm³/mol. The van der Waals surface area contributed by atoms with Crippen molar-refractivity contribution in [1.82, 2.24) is 0 Å². The SMILES string of the molecule is NC(=O)c1ccc(C(N)=O)cc1.NC(=O)c1cccc(N)c1N. The Morgan fingerprint density at radius 3 is 1.39 bits per heavy atom. The summed E-state index contributed by atoms with van der Waals surface area (Å²) in [6.45, 7) is 0. The minimum Gasteiger partial charge on any atom is -0.397 e. The molecule has 0 unspecified atom stereocenters. The van der Waals surface area contributed by atoms with Crippen LogP contribution in [0.1, 0.15) is 31.1 Å². The van der Waals surface area contributed by atoms with E-state index in [-0.39, 0.29) is 11.3 Å². The van der Waals surface area contributed by atoms with E-state index in [1.54, 1.807) is 12.1 Å². The molecule has 10 N–H and O–H groups in total. The molecule has 2 aromatic carbocycles. The second-order valence-corrected chi connectivity index (χ2v) is 4.48. The summed E-state index contributed by atoms with van der Waals surface area (Å²) in [6.07, 6.45) is 0. The van der Waals surface area contributed by atoms with E-state index in [0.717, 1.165) is 0 Å². The highest BCUT2D eigenvalue weighted by Gasteiger charge is 2.06. The van der Waals surface area contributed by atoms with Crippen LogP contribution in [0.2, 0.25) is 0 Å². The molecule has 0 aromatic heterocycles. The number of hydrogen-bond donors (Lipinski definition) is 5. The summed E-state index contributed by atoms with van der Waals surface area (Å²) in [6, 6.07) is 10.6. The van der Waals surface area contributed by atoms with Gasteiger partial charge < -0.3 is 28.7 Å². The highest BCUT2D eigenvalue weighted by atomic mass is 16.2. The molecule has 8 nitrogen and oxygen atoms in total. The molecule has 0 spiro atoms. The average molecular weight is 315 g/mol. The van der Waals surface area contributed by atoms with Crippen LogP contribution in [-0.4, -0.2) is 17.7 Å². The maximum Gasteiger partial charge on any atom is 0.250 e. The van der Waals surface area contributed by atoms with Crippen molar-refractivity contribution in [3.05, 3.63) is 59.2 Å². The molecule has 23 heavy (non-hydrogen) atoms. The number of carbonyl (C=O) groups is 3. The van der Waals surface area contributed by atoms with Crippen LogP contribution >= 0.6 is 0 Å². The summed E-state index contributed by atoms with van der Waals surface area (Å²) in [5.74, 6) is -1.60. The van der Waals surface area contributed by atoms with Crippen LogP contribution in [0.25, 0.3) is 0 Å². The smallest absolute Gasteiger partial charge is 0.250 e. The van der Waals surface area contributed by atoms with E-state index in [0.29, 0.717) is 16.8 Å². The Labute approximate surface area is 132 Å². The molecule has 0 aliphatic carbocycles. The number of nitrogen functional groups attached to an aromatic ring is 2. The number of anilines is 2. The highest BCUT2D eigenvalue weighted by Crippen LogP contribution is 2.18. The largest absolute Gasteiger partial charge is 0.397 e. The number of primary amides is 3. The Hall–Kier alpha value is -3.55. The van der Waals surface area contributed by atoms with Crippen molar-refractivity contribution < 1.29 is 14.4 Å². The zero-order valence-corrected chi connectivity index (χ0v) is 12.2. The summed E-state index contributed by atoms with van der Waals surface area (Å²) in [5.41, 5.74) is 27.5. The first kappa shape index (κ1) is 17.5. The fraction of sp³-hybridized carbons (Fsp3) is 0. The summed E-state index contributed by atoms with van der Waals surface area (Å²) in [5, 5.41) is 0. The average Bonchev–Trinajstić information content (AvgIpc) is 2.50. The fourth-order valence-corrected chi connectivity index (χ4v) is 1.60. The van der Waals surface area contributed by atoms with Crippen molar-refractivity contribution in [1.29, 1.82) is 0 Å². The first-order chi connectivity index (χ1) is 10.7. The van der Waals surface area contributed by atoms with Gasteiger partial charge in [-0.15, -0.1) is 0 Å². The maximum absolute atomic E-state index is 10.7. The minimum absolute atomic E-state index is 0.250. The van der Waals surface area contributed by atoms with Crippen molar-refractivity contribution in [3.8, 4) is 0 Å². The van der Waals surface area contributed by atoms with Crippen LogP contribution in [0.4, 0.5) is 11.4 Å². The molecule has 0 aliphatic heterocycles. The third kappa shape index (κ3) is 4.74. The Morgan fingerprint density at radius 2 is 1.09 bits per heavy atom. The van der Waals surface area contributed by atoms with Crippen molar-refractivity contribution in [2.75, 3.05) is 11.5 Å². The first-order valence-electron chi connectivity index (χ1n) is 6.37. The minimum atomic E-state index is -0.560. The Balaban J connectivity index is 0.000000231. The molecule has 0 saturated carbocycles. The number of amides is 3. The lowest BCUT2D eigenvalue weighted by Crippen LogP contribution is -2.14. The third-order valence-electron chi connectivity index (χ3n) is 2.86. The number of para-hydroxylation sites is 1. The normalized spacial score (nSPS) is 9.39. The molecule has 120 valence electrons. The zero-order valence-electron chi connectivity index (χ0n) is 12.2.